The van der Waals surface area contributed by atoms with E-state index in [4.69, 9.17) is 9.47 Å². The quantitative estimate of drug-likeness (QED) is 0.861. The van der Waals surface area contributed by atoms with Gasteiger partial charge in [0.15, 0.2) is 11.5 Å². The van der Waals surface area contributed by atoms with Gasteiger partial charge in [-0.1, -0.05) is 12.1 Å². The van der Waals surface area contributed by atoms with Gasteiger partial charge in [-0.15, -0.1) is 0 Å². The Morgan fingerprint density at radius 1 is 1.28 bits per heavy atom. The first-order valence-electron chi connectivity index (χ1n) is 8.33. The van der Waals surface area contributed by atoms with E-state index in [9.17, 15) is 4.79 Å². The molecule has 0 saturated carbocycles. The molecule has 0 saturated heterocycles. The summed E-state index contributed by atoms with van der Waals surface area (Å²) in [5.74, 6) is 1.49. The van der Waals surface area contributed by atoms with Crippen LogP contribution in [0.5, 0.6) is 11.5 Å². The van der Waals surface area contributed by atoms with Gasteiger partial charge in [-0.05, 0) is 12.1 Å². The molecule has 2 aromatic rings. The lowest BCUT2D eigenvalue weighted by atomic mass is 10.1. The molecule has 1 aromatic carbocycles. The summed E-state index contributed by atoms with van der Waals surface area (Å²) in [6, 6.07) is 8.01. The van der Waals surface area contributed by atoms with E-state index in [1.807, 2.05) is 16.8 Å². The number of carbonyl (C=O) groups is 1. The molecule has 0 atom stereocenters. The lowest BCUT2D eigenvalue weighted by Crippen LogP contribution is -2.33. The van der Waals surface area contributed by atoms with Crippen LogP contribution >= 0.6 is 0 Å². The molecule has 0 unspecified atom stereocenters. The molecule has 134 valence electrons. The van der Waals surface area contributed by atoms with Crippen LogP contribution < -0.4 is 14.8 Å². The number of para-hydroxylation sites is 1. The Morgan fingerprint density at radius 3 is 2.84 bits per heavy atom. The van der Waals surface area contributed by atoms with Crippen LogP contribution in [0.1, 0.15) is 23.9 Å². The normalized spacial score (nSPS) is 14.0. The number of aromatic nitrogens is 2. The fourth-order valence-electron chi connectivity index (χ4n) is 3.14. The third-order valence-electron chi connectivity index (χ3n) is 4.32. The smallest absolute Gasteiger partial charge is 0.217 e. The SMILES string of the molecule is COc1cccc(CN2CCn3nc(CNC(C)=O)cc3C2)c1OC. The maximum Gasteiger partial charge on any atom is 0.217 e. The molecule has 0 aliphatic carbocycles. The number of hydrogen-bond acceptors (Lipinski definition) is 5. The van der Waals surface area contributed by atoms with Gasteiger partial charge in [0.05, 0.1) is 38.7 Å². The molecular weight excluding hydrogens is 320 g/mol. The van der Waals surface area contributed by atoms with E-state index >= 15 is 0 Å². The predicted molar refractivity (Wildman–Crippen MR) is 93.4 cm³/mol. The summed E-state index contributed by atoms with van der Waals surface area (Å²) in [7, 11) is 3.32. The van der Waals surface area contributed by atoms with Crippen molar-refractivity contribution in [3.63, 3.8) is 0 Å². The largest absolute Gasteiger partial charge is 0.493 e. The standard InChI is InChI=1S/C18H24N4O3/c1-13(23)19-10-15-9-16-12-21(7-8-22(16)20-15)11-14-5-4-6-17(24-2)18(14)25-3/h4-6,9H,7-8,10-12H2,1-3H3,(H,19,23). The molecule has 3 rings (SSSR count). The third-order valence-corrected chi connectivity index (χ3v) is 4.32. The molecule has 0 radical (unpaired) electrons. The average Bonchev–Trinajstić information content (AvgIpc) is 3.02. The number of fused-ring (bicyclic) bond motifs is 1. The molecular formula is C18H24N4O3. The highest BCUT2D eigenvalue weighted by atomic mass is 16.5. The second-order valence-electron chi connectivity index (χ2n) is 6.12. The van der Waals surface area contributed by atoms with Crippen LogP contribution in [0.25, 0.3) is 0 Å². The minimum atomic E-state index is -0.0438. The van der Waals surface area contributed by atoms with Crippen LogP contribution in [0.3, 0.4) is 0 Å². The minimum absolute atomic E-state index is 0.0438. The van der Waals surface area contributed by atoms with E-state index < -0.39 is 0 Å². The van der Waals surface area contributed by atoms with E-state index in [-0.39, 0.29) is 5.91 Å². The number of hydrogen-bond donors (Lipinski definition) is 1. The van der Waals surface area contributed by atoms with Gasteiger partial charge >= 0.3 is 0 Å². The summed E-state index contributed by atoms with van der Waals surface area (Å²) < 4.78 is 12.9. The van der Waals surface area contributed by atoms with Crippen molar-refractivity contribution >= 4 is 5.91 Å². The minimum Gasteiger partial charge on any atom is -0.493 e. The molecule has 0 fully saturated rings. The maximum absolute atomic E-state index is 11.1. The number of carbonyl (C=O) groups excluding carboxylic acids is 1. The van der Waals surface area contributed by atoms with Gasteiger partial charge < -0.3 is 14.8 Å². The maximum atomic E-state index is 11.1. The third kappa shape index (κ3) is 3.93. The van der Waals surface area contributed by atoms with Crippen molar-refractivity contribution in [2.45, 2.75) is 33.1 Å². The van der Waals surface area contributed by atoms with Gasteiger partial charge in [-0.2, -0.15) is 5.10 Å². The molecule has 1 aromatic heterocycles. The lowest BCUT2D eigenvalue weighted by Gasteiger charge is -2.28. The average molecular weight is 344 g/mol. The summed E-state index contributed by atoms with van der Waals surface area (Å²) in [6.45, 7) is 5.33. The summed E-state index contributed by atoms with van der Waals surface area (Å²) in [5, 5.41) is 7.35. The summed E-state index contributed by atoms with van der Waals surface area (Å²) >= 11 is 0. The Hall–Kier alpha value is -2.54. The molecule has 0 spiro atoms. The highest BCUT2D eigenvalue weighted by Gasteiger charge is 2.20. The Kier molecular flexibility index (Phi) is 5.23. The second kappa shape index (κ2) is 7.57. The number of rotatable bonds is 6. The van der Waals surface area contributed by atoms with Crippen molar-refractivity contribution in [1.29, 1.82) is 0 Å². The van der Waals surface area contributed by atoms with E-state index in [0.29, 0.717) is 6.54 Å². The van der Waals surface area contributed by atoms with Crippen molar-refractivity contribution in [3.8, 4) is 11.5 Å². The van der Waals surface area contributed by atoms with Gasteiger partial charge in [-0.25, -0.2) is 0 Å². The molecule has 7 heteroatoms. The van der Waals surface area contributed by atoms with Crippen molar-refractivity contribution in [2.75, 3.05) is 20.8 Å². The lowest BCUT2D eigenvalue weighted by molar-refractivity contribution is -0.119. The second-order valence-corrected chi connectivity index (χ2v) is 6.12. The van der Waals surface area contributed by atoms with Gasteiger partial charge in [0, 0.05) is 32.1 Å². The Bertz CT molecular complexity index is 757. The molecule has 2 heterocycles. The fourth-order valence-corrected chi connectivity index (χ4v) is 3.14. The number of amides is 1. The topological polar surface area (TPSA) is 68.6 Å². The van der Waals surface area contributed by atoms with Crippen molar-refractivity contribution in [2.24, 2.45) is 0 Å². The highest BCUT2D eigenvalue weighted by Crippen LogP contribution is 2.32. The van der Waals surface area contributed by atoms with Crippen LogP contribution in [0.4, 0.5) is 0 Å². The van der Waals surface area contributed by atoms with Crippen LogP contribution in [-0.2, 0) is 31.0 Å². The number of benzene rings is 1. The number of nitrogens with zero attached hydrogens (tertiary/aromatic N) is 3. The molecule has 1 N–H and O–H groups in total. The first-order chi connectivity index (χ1) is 12.1. The van der Waals surface area contributed by atoms with Crippen molar-refractivity contribution in [3.05, 3.63) is 41.2 Å². The van der Waals surface area contributed by atoms with E-state index in [1.54, 1.807) is 14.2 Å². The predicted octanol–water partition coefficient (Wildman–Crippen LogP) is 1.55. The van der Waals surface area contributed by atoms with E-state index in [0.717, 1.165) is 54.6 Å². The Morgan fingerprint density at radius 2 is 2.12 bits per heavy atom. The number of nitrogens with one attached hydrogen (secondary N) is 1. The molecule has 1 aliphatic heterocycles. The number of methoxy groups -OCH3 is 2. The van der Waals surface area contributed by atoms with Crippen molar-refractivity contribution < 1.29 is 14.3 Å². The van der Waals surface area contributed by atoms with Crippen LogP contribution in [0, 0.1) is 0 Å². The zero-order valence-electron chi connectivity index (χ0n) is 14.9. The first kappa shape index (κ1) is 17.3. The summed E-state index contributed by atoms with van der Waals surface area (Å²) in [6.07, 6.45) is 0. The molecule has 7 nitrogen and oxygen atoms in total. The molecule has 1 aliphatic rings. The zero-order valence-corrected chi connectivity index (χ0v) is 14.9. The van der Waals surface area contributed by atoms with Gasteiger partial charge in [0.2, 0.25) is 5.91 Å². The van der Waals surface area contributed by atoms with Crippen molar-refractivity contribution in [1.82, 2.24) is 20.0 Å². The van der Waals surface area contributed by atoms with Gasteiger partial charge in [0.1, 0.15) is 0 Å². The van der Waals surface area contributed by atoms with Crippen LogP contribution in [0.15, 0.2) is 24.3 Å². The Labute approximate surface area is 147 Å². The first-order valence-corrected chi connectivity index (χ1v) is 8.33. The van der Waals surface area contributed by atoms with Gasteiger partial charge in [0.25, 0.3) is 0 Å². The highest BCUT2D eigenvalue weighted by molar-refractivity contribution is 5.72. The van der Waals surface area contributed by atoms with E-state index in [1.165, 1.54) is 6.92 Å². The number of ether oxygens (including phenoxy) is 2. The molecule has 25 heavy (non-hydrogen) atoms. The van der Waals surface area contributed by atoms with Crippen LogP contribution in [-0.4, -0.2) is 41.4 Å². The zero-order chi connectivity index (χ0) is 17.8. The molecule has 1 amide bonds. The van der Waals surface area contributed by atoms with Gasteiger partial charge in [-0.3, -0.25) is 14.4 Å². The fraction of sp³-hybridized carbons (Fsp3) is 0.444. The monoisotopic (exact) mass is 344 g/mol. The van der Waals surface area contributed by atoms with E-state index in [2.05, 4.69) is 27.4 Å². The molecule has 0 bridgehead atoms. The summed E-state index contributed by atoms with van der Waals surface area (Å²) in [5.41, 5.74) is 3.16. The Balaban J connectivity index is 1.70. The van der Waals surface area contributed by atoms with Crippen LogP contribution in [0.2, 0.25) is 0 Å². The summed E-state index contributed by atoms with van der Waals surface area (Å²) in [4.78, 5) is 13.4.